The first kappa shape index (κ1) is 23.7. The van der Waals surface area contributed by atoms with Gasteiger partial charge in [-0.3, -0.25) is 0 Å². The van der Waals surface area contributed by atoms with Crippen LogP contribution < -0.4 is 4.74 Å². The highest BCUT2D eigenvalue weighted by Gasteiger charge is 2.58. The molecule has 0 radical (unpaired) electrons. The summed E-state index contributed by atoms with van der Waals surface area (Å²) in [5, 5.41) is 0. The maximum absolute atomic E-state index is 13.0. The predicted molar refractivity (Wildman–Crippen MR) is 125 cm³/mol. The zero-order valence-corrected chi connectivity index (χ0v) is 20.4. The van der Waals surface area contributed by atoms with Crippen LogP contribution in [-0.2, 0) is 11.3 Å². The monoisotopic (exact) mass is 524 g/mol. The first-order valence-corrected chi connectivity index (χ1v) is 11.2. The molecule has 2 aromatic rings. The van der Waals surface area contributed by atoms with Gasteiger partial charge in [0.15, 0.2) is 0 Å². The lowest BCUT2D eigenvalue weighted by Crippen LogP contribution is -1.99. The second kappa shape index (κ2) is 10.4. The van der Waals surface area contributed by atoms with Crippen LogP contribution in [0.25, 0.3) is 0 Å². The molecule has 5 heteroatoms. The van der Waals surface area contributed by atoms with Gasteiger partial charge in [-0.1, -0.05) is 52.5 Å². The van der Waals surface area contributed by atoms with E-state index in [-0.39, 0.29) is 11.2 Å². The summed E-state index contributed by atoms with van der Waals surface area (Å²) in [7, 11) is 0. The van der Waals surface area contributed by atoms with Crippen molar-refractivity contribution in [3.63, 3.8) is 0 Å². The summed E-state index contributed by atoms with van der Waals surface area (Å²) < 4.78 is 25.7. The maximum Gasteiger partial charge on any atom is 0.127 e. The molecule has 0 aromatic heterocycles. The summed E-state index contributed by atoms with van der Waals surface area (Å²) >= 11 is 6.86. The molecular weight excluding hydrogens is 499 g/mol. The minimum absolute atomic E-state index is 0.136. The molecule has 0 aliphatic heterocycles. The van der Waals surface area contributed by atoms with Gasteiger partial charge in [-0.15, -0.1) is 0 Å². The van der Waals surface area contributed by atoms with Crippen molar-refractivity contribution in [3.8, 4) is 11.5 Å². The molecule has 1 aliphatic carbocycles. The van der Waals surface area contributed by atoms with Gasteiger partial charge < -0.3 is 9.47 Å². The highest BCUT2D eigenvalue weighted by Crippen LogP contribution is 2.63. The van der Waals surface area contributed by atoms with Crippen LogP contribution in [0.2, 0.25) is 0 Å². The lowest BCUT2D eigenvalue weighted by atomic mass is 10.1. The molecule has 2 atom stereocenters. The third kappa shape index (κ3) is 6.45. The average Bonchev–Trinajstić information content (AvgIpc) is 3.23. The lowest BCUT2D eigenvalue weighted by molar-refractivity contribution is 0.177. The van der Waals surface area contributed by atoms with E-state index in [0.717, 1.165) is 14.7 Å². The van der Waals surface area contributed by atoms with Crippen molar-refractivity contribution in [2.45, 2.75) is 34.3 Å². The van der Waals surface area contributed by atoms with Crippen LogP contribution in [0, 0.1) is 23.1 Å². The number of hydrogen-bond donors (Lipinski definition) is 0. The van der Waals surface area contributed by atoms with Crippen LogP contribution >= 0.6 is 31.9 Å². The van der Waals surface area contributed by atoms with Gasteiger partial charge in [0, 0.05) is 5.92 Å². The molecule has 0 unspecified atom stereocenters. The highest BCUT2D eigenvalue weighted by molar-refractivity contribution is 9.28. The second-order valence-corrected chi connectivity index (χ2v) is 10.0. The highest BCUT2D eigenvalue weighted by atomic mass is 79.9. The Morgan fingerprint density at radius 3 is 2.38 bits per heavy atom. The summed E-state index contributed by atoms with van der Waals surface area (Å²) in [5.41, 5.74) is 1.13. The van der Waals surface area contributed by atoms with Crippen LogP contribution in [0.3, 0.4) is 0 Å². The molecule has 0 spiro atoms. The van der Waals surface area contributed by atoms with Gasteiger partial charge in [-0.2, -0.15) is 0 Å². The molecule has 0 N–H and O–H groups in total. The Hall–Kier alpha value is -1.59. The normalized spacial score (nSPS) is 18.7. The van der Waals surface area contributed by atoms with Gasteiger partial charge in [0.2, 0.25) is 0 Å². The van der Waals surface area contributed by atoms with E-state index in [2.05, 4.69) is 58.4 Å². The van der Waals surface area contributed by atoms with Crippen molar-refractivity contribution in [1.82, 2.24) is 0 Å². The third-order valence-corrected chi connectivity index (χ3v) is 5.46. The smallest absolute Gasteiger partial charge is 0.127 e. The Bertz CT molecular complexity index is 855. The standard InChI is InChI=1S/C22H21Br2FO2.C2H6/c1-14(21-19(12-20(23)24)22(21,2)3)26-13-15-5-4-6-18(11-15)27-17-9-7-16(25)8-10-17;1-2/h4-12,19,21H,1,13H2,2-3H3;1-2H3/t19-,21+;/m0./s1. The fourth-order valence-corrected chi connectivity index (χ4v) is 3.91. The molecule has 0 saturated heterocycles. The van der Waals surface area contributed by atoms with Crippen LogP contribution in [0.15, 0.2) is 70.3 Å². The van der Waals surface area contributed by atoms with Gasteiger partial charge in [-0.25, -0.2) is 4.39 Å². The van der Waals surface area contributed by atoms with Gasteiger partial charge >= 0.3 is 0 Å². The summed E-state index contributed by atoms with van der Waals surface area (Å²) in [6.45, 7) is 13.0. The number of benzene rings is 2. The fraction of sp³-hybridized carbons (Fsp3) is 0.333. The topological polar surface area (TPSA) is 18.5 Å². The Morgan fingerprint density at radius 2 is 1.76 bits per heavy atom. The first-order chi connectivity index (χ1) is 13.8. The van der Waals surface area contributed by atoms with Gasteiger partial charge in [0.1, 0.15) is 23.9 Å². The number of halogens is 3. The molecule has 1 aliphatic rings. The van der Waals surface area contributed by atoms with Crippen molar-refractivity contribution in [2.24, 2.45) is 17.3 Å². The van der Waals surface area contributed by atoms with Crippen LogP contribution in [-0.4, -0.2) is 0 Å². The summed E-state index contributed by atoms with van der Waals surface area (Å²) in [6, 6.07) is 13.6. The van der Waals surface area contributed by atoms with Crippen LogP contribution in [0.5, 0.6) is 11.5 Å². The first-order valence-electron chi connectivity index (χ1n) is 9.64. The van der Waals surface area contributed by atoms with E-state index in [1.54, 1.807) is 12.1 Å². The van der Waals surface area contributed by atoms with E-state index in [9.17, 15) is 4.39 Å². The minimum Gasteiger partial charge on any atom is -0.494 e. The second-order valence-electron chi connectivity index (χ2n) is 7.24. The number of hydrogen-bond acceptors (Lipinski definition) is 2. The molecule has 2 nitrogen and oxygen atoms in total. The van der Waals surface area contributed by atoms with Crippen molar-refractivity contribution in [2.75, 3.05) is 0 Å². The van der Waals surface area contributed by atoms with Crippen molar-refractivity contribution < 1.29 is 13.9 Å². The number of rotatable bonds is 7. The van der Waals surface area contributed by atoms with E-state index in [1.165, 1.54) is 12.1 Å². The largest absolute Gasteiger partial charge is 0.494 e. The Morgan fingerprint density at radius 1 is 1.10 bits per heavy atom. The molecule has 2 aromatic carbocycles. The number of ether oxygens (including phenoxy) is 2. The molecule has 29 heavy (non-hydrogen) atoms. The van der Waals surface area contributed by atoms with E-state index < -0.39 is 0 Å². The van der Waals surface area contributed by atoms with E-state index in [1.807, 2.05) is 38.1 Å². The molecule has 0 heterocycles. The van der Waals surface area contributed by atoms with Crippen molar-refractivity contribution >= 4 is 31.9 Å². The number of allylic oxidation sites excluding steroid dienone is 2. The van der Waals surface area contributed by atoms with Crippen molar-refractivity contribution in [1.29, 1.82) is 0 Å². The molecule has 0 amide bonds. The predicted octanol–water partition coefficient (Wildman–Crippen LogP) is 8.58. The maximum atomic E-state index is 13.0. The summed E-state index contributed by atoms with van der Waals surface area (Å²) in [6.07, 6.45) is 2.15. The summed E-state index contributed by atoms with van der Waals surface area (Å²) in [5.74, 6) is 2.48. The zero-order valence-electron chi connectivity index (χ0n) is 17.2. The van der Waals surface area contributed by atoms with Gasteiger partial charge in [-0.05, 0) is 85.2 Å². The Labute approximate surface area is 190 Å². The zero-order chi connectivity index (χ0) is 21.6. The fourth-order valence-electron chi connectivity index (χ4n) is 3.34. The Balaban J connectivity index is 0.00000145. The minimum atomic E-state index is -0.286. The summed E-state index contributed by atoms with van der Waals surface area (Å²) in [4.78, 5) is 0. The Kier molecular flexibility index (Phi) is 8.53. The molecule has 1 fully saturated rings. The van der Waals surface area contributed by atoms with Crippen molar-refractivity contribution in [3.05, 3.63) is 81.7 Å². The SMILES string of the molecule is C=C(OCc1cccc(Oc2ccc(F)cc2)c1)[C@@H]1[C@H](C=C(Br)Br)C1(C)C.CC. The quantitative estimate of drug-likeness (QED) is 0.337. The van der Waals surface area contributed by atoms with E-state index >= 15 is 0 Å². The van der Waals surface area contributed by atoms with Gasteiger partial charge in [0.05, 0.1) is 9.15 Å². The molecule has 156 valence electrons. The van der Waals surface area contributed by atoms with Gasteiger partial charge in [0.25, 0.3) is 0 Å². The molecule has 1 saturated carbocycles. The van der Waals surface area contributed by atoms with Crippen LogP contribution in [0.1, 0.15) is 33.3 Å². The molecule has 3 rings (SSSR count). The van der Waals surface area contributed by atoms with Crippen LogP contribution in [0.4, 0.5) is 4.39 Å². The van der Waals surface area contributed by atoms with E-state index in [4.69, 9.17) is 9.47 Å². The lowest BCUT2D eigenvalue weighted by Gasteiger charge is -2.12. The molecular formula is C24H27Br2FO2. The molecule has 0 bridgehead atoms. The third-order valence-electron chi connectivity index (χ3n) is 4.94. The average molecular weight is 526 g/mol. The van der Waals surface area contributed by atoms with E-state index in [0.29, 0.717) is 29.9 Å².